The summed E-state index contributed by atoms with van der Waals surface area (Å²) < 4.78 is 22.9. The lowest BCUT2D eigenvalue weighted by molar-refractivity contribution is -0.290. The van der Waals surface area contributed by atoms with E-state index < -0.39 is 42.6 Å². The second-order valence-corrected chi connectivity index (χ2v) is 7.02. The monoisotopic (exact) mass is 371 g/mol. The van der Waals surface area contributed by atoms with Gasteiger partial charge in [-0.1, -0.05) is 12.8 Å². The van der Waals surface area contributed by atoms with Gasteiger partial charge in [0, 0.05) is 27.8 Å². The van der Waals surface area contributed by atoms with E-state index >= 15 is 0 Å². The first-order valence-electron chi connectivity index (χ1n) is 9.09. The lowest BCUT2D eigenvalue weighted by Crippen LogP contribution is -2.65. The Morgan fingerprint density at radius 2 is 1.50 bits per heavy atom. The van der Waals surface area contributed by atoms with E-state index in [2.05, 4.69) is 0 Å². The Labute approximate surface area is 154 Å². The molecule has 2 fully saturated rings. The second-order valence-electron chi connectivity index (χ2n) is 7.02. The first-order valence-corrected chi connectivity index (χ1v) is 9.09. The number of carbonyl (C=O) groups is 3. The number of rotatable bonds is 5. The van der Waals surface area contributed by atoms with Crippen molar-refractivity contribution < 1.29 is 33.3 Å². The normalized spacial score (nSPS) is 32.1. The third-order valence-electron chi connectivity index (χ3n) is 4.93. The zero-order valence-electron chi connectivity index (χ0n) is 16.1. The van der Waals surface area contributed by atoms with Crippen LogP contribution in [0.1, 0.15) is 53.4 Å². The van der Waals surface area contributed by atoms with Gasteiger partial charge in [0.25, 0.3) is 0 Å². The van der Waals surface area contributed by atoms with Crippen molar-refractivity contribution >= 4 is 17.8 Å². The molecule has 0 radical (unpaired) electrons. The molecule has 1 saturated heterocycles. The lowest BCUT2D eigenvalue weighted by atomic mass is 9.95. The van der Waals surface area contributed by atoms with Gasteiger partial charge < -0.3 is 23.8 Å². The molecule has 0 bridgehead atoms. The summed E-state index contributed by atoms with van der Waals surface area (Å²) in [5, 5.41) is 0. The minimum atomic E-state index is -0.875. The minimum Gasteiger partial charge on any atom is -0.456 e. The summed E-state index contributed by atoms with van der Waals surface area (Å²) in [7, 11) is 1.60. The number of esters is 2. The summed E-state index contributed by atoms with van der Waals surface area (Å²) in [5.41, 5.74) is 0. The number of hydrogen-bond donors (Lipinski definition) is 0. The van der Waals surface area contributed by atoms with Crippen molar-refractivity contribution in [3.05, 3.63) is 0 Å². The second kappa shape index (κ2) is 8.81. The van der Waals surface area contributed by atoms with Crippen LogP contribution in [0.15, 0.2) is 0 Å². The molecule has 1 amide bonds. The summed E-state index contributed by atoms with van der Waals surface area (Å²) in [4.78, 5) is 36.7. The molecule has 5 atom stereocenters. The lowest BCUT2D eigenvalue weighted by Gasteiger charge is -2.47. The minimum absolute atomic E-state index is 0.0401. The van der Waals surface area contributed by atoms with Crippen molar-refractivity contribution in [2.75, 3.05) is 7.05 Å². The average molecular weight is 371 g/mol. The quantitative estimate of drug-likeness (QED) is 0.675. The third kappa shape index (κ3) is 4.94. The fourth-order valence-electron chi connectivity index (χ4n) is 3.61. The van der Waals surface area contributed by atoms with Crippen molar-refractivity contribution in [1.82, 2.24) is 4.90 Å². The van der Waals surface area contributed by atoms with Gasteiger partial charge in [-0.25, -0.2) is 0 Å². The van der Waals surface area contributed by atoms with Crippen LogP contribution in [-0.2, 0) is 33.3 Å². The Hall–Kier alpha value is -1.67. The van der Waals surface area contributed by atoms with Crippen LogP contribution < -0.4 is 0 Å². The highest BCUT2D eigenvalue weighted by atomic mass is 16.7. The third-order valence-corrected chi connectivity index (χ3v) is 4.93. The smallest absolute Gasteiger partial charge is 0.303 e. The maximum Gasteiger partial charge on any atom is 0.303 e. The van der Waals surface area contributed by atoms with E-state index in [4.69, 9.17) is 18.9 Å². The topological polar surface area (TPSA) is 91.4 Å². The number of likely N-dealkylation sites (N-methyl/N-ethyl adjacent to an activating group) is 1. The Morgan fingerprint density at radius 1 is 0.962 bits per heavy atom. The highest BCUT2D eigenvalue weighted by Gasteiger charge is 2.51. The van der Waals surface area contributed by atoms with Crippen LogP contribution in [0.5, 0.6) is 0 Å². The zero-order chi connectivity index (χ0) is 19.4. The van der Waals surface area contributed by atoms with Gasteiger partial charge in [0.2, 0.25) is 5.91 Å². The molecule has 1 heterocycles. The van der Waals surface area contributed by atoms with Crippen LogP contribution in [-0.4, -0.2) is 66.5 Å². The van der Waals surface area contributed by atoms with Gasteiger partial charge in [0.1, 0.15) is 6.04 Å². The number of amides is 1. The van der Waals surface area contributed by atoms with Crippen molar-refractivity contribution in [3.8, 4) is 0 Å². The molecule has 2 aliphatic rings. The molecular formula is C18H29NO7. The average Bonchev–Trinajstić information content (AvgIpc) is 3.02. The first-order chi connectivity index (χ1) is 12.2. The number of hydrogen-bond acceptors (Lipinski definition) is 7. The van der Waals surface area contributed by atoms with Crippen LogP contribution in [0.2, 0.25) is 0 Å². The Kier molecular flexibility index (Phi) is 7.00. The maximum absolute atomic E-state index is 12.0. The molecule has 0 spiro atoms. The molecule has 8 heteroatoms. The molecule has 0 N–H and O–H groups in total. The molecule has 26 heavy (non-hydrogen) atoms. The Balaban J connectivity index is 2.33. The SMILES string of the molecule is CC(=O)O[C@@H]1[C@H](OC(C)=O)[C@@H](N(C)C(C)=O)[C@@H](OC2CCCC2)O[C@@H]1C. The summed E-state index contributed by atoms with van der Waals surface area (Å²) >= 11 is 0. The standard InChI is InChI=1S/C18H29NO7/c1-10-16(24-12(3)21)17(25-13(4)22)15(19(5)11(2)20)18(23-10)26-14-8-6-7-9-14/h10,14-18H,6-9H2,1-5H3/t10-,15-,16+,17-,18-/m1/s1. The molecule has 1 aliphatic heterocycles. The molecule has 1 saturated carbocycles. The summed E-state index contributed by atoms with van der Waals surface area (Å²) in [5.74, 6) is -1.27. The van der Waals surface area contributed by atoms with Gasteiger partial charge >= 0.3 is 11.9 Å². The van der Waals surface area contributed by atoms with E-state index in [9.17, 15) is 14.4 Å². The van der Waals surface area contributed by atoms with E-state index in [0.29, 0.717) is 0 Å². The summed E-state index contributed by atoms with van der Waals surface area (Å²) in [6, 6.07) is -0.711. The van der Waals surface area contributed by atoms with E-state index in [-0.39, 0.29) is 12.0 Å². The maximum atomic E-state index is 12.0. The summed E-state index contributed by atoms with van der Waals surface area (Å²) in [6.07, 6.45) is 1.05. The van der Waals surface area contributed by atoms with Crippen LogP contribution in [0.4, 0.5) is 0 Å². The zero-order valence-corrected chi connectivity index (χ0v) is 16.1. The molecule has 148 valence electrons. The molecule has 1 aliphatic carbocycles. The molecule has 2 rings (SSSR count). The molecule has 0 aromatic heterocycles. The fourth-order valence-corrected chi connectivity index (χ4v) is 3.61. The Morgan fingerprint density at radius 3 is 2.00 bits per heavy atom. The largest absolute Gasteiger partial charge is 0.456 e. The van der Waals surface area contributed by atoms with Gasteiger partial charge in [0.05, 0.1) is 12.2 Å². The number of carbonyl (C=O) groups excluding carboxylic acids is 3. The Bertz CT molecular complexity index is 532. The number of nitrogens with zero attached hydrogens (tertiary/aromatic N) is 1. The molecule has 0 unspecified atom stereocenters. The molecule has 8 nitrogen and oxygen atoms in total. The van der Waals surface area contributed by atoms with Crippen molar-refractivity contribution in [2.45, 2.75) is 90.1 Å². The van der Waals surface area contributed by atoms with Crippen molar-refractivity contribution in [3.63, 3.8) is 0 Å². The van der Waals surface area contributed by atoms with Crippen LogP contribution in [0.3, 0.4) is 0 Å². The van der Waals surface area contributed by atoms with E-state index in [1.807, 2.05) is 0 Å². The van der Waals surface area contributed by atoms with E-state index in [1.54, 1.807) is 14.0 Å². The molecule has 0 aromatic carbocycles. The highest BCUT2D eigenvalue weighted by Crippen LogP contribution is 2.33. The van der Waals surface area contributed by atoms with Gasteiger partial charge in [-0.3, -0.25) is 14.4 Å². The highest BCUT2D eigenvalue weighted by molar-refractivity contribution is 5.73. The predicted octanol–water partition coefficient (Wildman–Crippen LogP) is 1.40. The van der Waals surface area contributed by atoms with Gasteiger partial charge in [0.15, 0.2) is 18.5 Å². The van der Waals surface area contributed by atoms with Gasteiger partial charge in [-0.15, -0.1) is 0 Å². The van der Waals surface area contributed by atoms with Gasteiger partial charge in [-0.2, -0.15) is 0 Å². The summed E-state index contributed by atoms with van der Waals surface area (Å²) in [6.45, 7) is 5.71. The molecular weight excluding hydrogens is 342 g/mol. The predicted molar refractivity (Wildman–Crippen MR) is 91.0 cm³/mol. The van der Waals surface area contributed by atoms with Crippen LogP contribution >= 0.6 is 0 Å². The van der Waals surface area contributed by atoms with E-state index in [1.165, 1.54) is 25.7 Å². The fraction of sp³-hybridized carbons (Fsp3) is 0.833. The van der Waals surface area contributed by atoms with Crippen LogP contribution in [0, 0.1) is 0 Å². The molecule has 0 aromatic rings. The van der Waals surface area contributed by atoms with Crippen molar-refractivity contribution in [2.24, 2.45) is 0 Å². The van der Waals surface area contributed by atoms with Gasteiger partial charge in [-0.05, 0) is 19.8 Å². The number of ether oxygens (including phenoxy) is 4. The van der Waals surface area contributed by atoms with Crippen LogP contribution in [0.25, 0.3) is 0 Å². The van der Waals surface area contributed by atoms with E-state index in [0.717, 1.165) is 25.7 Å². The van der Waals surface area contributed by atoms with Crippen molar-refractivity contribution in [1.29, 1.82) is 0 Å². The first kappa shape index (κ1) is 20.6.